The van der Waals surface area contributed by atoms with E-state index in [-0.39, 0.29) is 24.1 Å². The number of aryl methyl sites for hydroxylation is 1. The van der Waals surface area contributed by atoms with Gasteiger partial charge in [-0.2, -0.15) is 0 Å². The van der Waals surface area contributed by atoms with Gasteiger partial charge < -0.3 is 15.0 Å². The summed E-state index contributed by atoms with van der Waals surface area (Å²) in [6.45, 7) is 2.77. The average molecular weight is 347 g/mol. The van der Waals surface area contributed by atoms with Gasteiger partial charge in [0.25, 0.3) is 0 Å². The molecule has 0 saturated carbocycles. The third kappa shape index (κ3) is 3.12. The summed E-state index contributed by atoms with van der Waals surface area (Å²) >= 11 is 5.99. The second-order valence-electron chi connectivity index (χ2n) is 6.02. The van der Waals surface area contributed by atoms with Gasteiger partial charge in [-0.1, -0.05) is 30.7 Å². The van der Waals surface area contributed by atoms with Gasteiger partial charge in [0, 0.05) is 23.7 Å². The maximum absolute atomic E-state index is 14.5. The first-order chi connectivity index (χ1) is 11.5. The van der Waals surface area contributed by atoms with E-state index < -0.39 is 0 Å². The first-order valence-electron chi connectivity index (χ1n) is 7.86. The zero-order valence-corrected chi connectivity index (χ0v) is 14.5. The van der Waals surface area contributed by atoms with Crippen LogP contribution in [0.5, 0.6) is 5.75 Å². The molecule has 0 spiro atoms. The summed E-state index contributed by atoms with van der Waals surface area (Å²) in [6.07, 6.45) is 1.99. The summed E-state index contributed by atoms with van der Waals surface area (Å²) < 4.78 is 22.3. The van der Waals surface area contributed by atoms with Crippen molar-refractivity contribution in [2.24, 2.45) is 12.8 Å². The minimum absolute atomic E-state index is 0.115. The van der Waals surface area contributed by atoms with Crippen LogP contribution in [0.3, 0.4) is 0 Å². The van der Waals surface area contributed by atoms with Crippen molar-refractivity contribution in [3.8, 4) is 5.75 Å². The Labute approximate surface area is 145 Å². The van der Waals surface area contributed by atoms with Gasteiger partial charge in [0.15, 0.2) is 11.6 Å². The van der Waals surface area contributed by atoms with E-state index in [9.17, 15) is 4.39 Å². The number of rotatable bonds is 5. The molecule has 3 rings (SSSR count). The minimum Gasteiger partial charge on any atom is -0.485 e. The predicted octanol–water partition coefficient (Wildman–Crippen LogP) is 4.61. The number of ether oxygens (including phenoxy) is 1. The SMILES string of the molecule is CC(CN)c1cn(C)c2ccc(F)c(OCc3cccc(Cl)c3)c12. The monoisotopic (exact) mass is 346 g/mol. The highest BCUT2D eigenvalue weighted by Gasteiger charge is 2.19. The number of halogens is 2. The quantitative estimate of drug-likeness (QED) is 0.732. The number of hydrogen-bond donors (Lipinski definition) is 1. The van der Waals surface area contributed by atoms with Gasteiger partial charge in [-0.25, -0.2) is 4.39 Å². The second-order valence-corrected chi connectivity index (χ2v) is 6.46. The number of hydrogen-bond acceptors (Lipinski definition) is 2. The van der Waals surface area contributed by atoms with Crippen LogP contribution in [-0.4, -0.2) is 11.1 Å². The number of benzene rings is 2. The maximum Gasteiger partial charge on any atom is 0.165 e. The Balaban J connectivity index is 2.04. The van der Waals surface area contributed by atoms with Crippen LogP contribution in [0.2, 0.25) is 5.02 Å². The van der Waals surface area contributed by atoms with Gasteiger partial charge in [0.2, 0.25) is 0 Å². The zero-order valence-electron chi connectivity index (χ0n) is 13.7. The van der Waals surface area contributed by atoms with Crippen LogP contribution >= 0.6 is 11.6 Å². The van der Waals surface area contributed by atoms with Crippen molar-refractivity contribution in [1.29, 1.82) is 0 Å². The van der Waals surface area contributed by atoms with E-state index in [1.165, 1.54) is 6.07 Å². The van der Waals surface area contributed by atoms with Crippen LogP contribution < -0.4 is 10.5 Å². The van der Waals surface area contributed by atoms with E-state index in [4.69, 9.17) is 22.1 Å². The molecule has 24 heavy (non-hydrogen) atoms. The van der Waals surface area contributed by atoms with Crippen molar-refractivity contribution in [2.45, 2.75) is 19.4 Å². The Kier molecular flexibility index (Phi) is 4.78. The van der Waals surface area contributed by atoms with Crippen molar-refractivity contribution >= 4 is 22.5 Å². The van der Waals surface area contributed by atoms with Crippen molar-refractivity contribution in [1.82, 2.24) is 4.57 Å². The first-order valence-corrected chi connectivity index (χ1v) is 8.23. The van der Waals surface area contributed by atoms with Gasteiger partial charge >= 0.3 is 0 Å². The molecule has 2 aromatic carbocycles. The summed E-state index contributed by atoms with van der Waals surface area (Å²) in [4.78, 5) is 0. The molecule has 5 heteroatoms. The Hall–Kier alpha value is -2.04. The normalized spacial score (nSPS) is 12.5. The predicted molar refractivity (Wildman–Crippen MR) is 96.1 cm³/mol. The van der Waals surface area contributed by atoms with Crippen LogP contribution in [0.15, 0.2) is 42.6 Å². The standard InChI is InChI=1S/C19H20ClFN2O/c1-12(9-22)15-10-23(2)17-7-6-16(21)19(18(15)17)24-11-13-4-3-5-14(20)8-13/h3-8,10,12H,9,11,22H2,1-2H3. The van der Waals surface area contributed by atoms with Gasteiger partial charge in [0.1, 0.15) is 6.61 Å². The Morgan fingerprint density at radius 2 is 2.08 bits per heavy atom. The van der Waals surface area contributed by atoms with Crippen LogP contribution in [0.4, 0.5) is 4.39 Å². The molecule has 0 aliphatic carbocycles. The molecule has 1 unspecified atom stereocenters. The maximum atomic E-state index is 14.5. The first kappa shape index (κ1) is 16.8. The van der Waals surface area contributed by atoms with E-state index in [1.54, 1.807) is 12.1 Å². The molecule has 0 bridgehead atoms. The molecular weight excluding hydrogens is 327 g/mol. The fourth-order valence-electron chi connectivity index (χ4n) is 2.89. The summed E-state index contributed by atoms with van der Waals surface area (Å²) in [5, 5.41) is 1.42. The molecule has 3 aromatic rings. The molecule has 3 nitrogen and oxygen atoms in total. The molecule has 0 aliphatic rings. The molecule has 0 amide bonds. The van der Waals surface area contributed by atoms with Crippen LogP contribution in [0, 0.1) is 5.82 Å². The van der Waals surface area contributed by atoms with E-state index in [0.717, 1.165) is 22.0 Å². The smallest absolute Gasteiger partial charge is 0.165 e. The minimum atomic E-state index is -0.374. The third-order valence-electron chi connectivity index (χ3n) is 4.25. The molecule has 126 valence electrons. The van der Waals surface area contributed by atoms with Gasteiger partial charge in [-0.15, -0.1) is 0 Å². The molecule has 2 N–H and O–H groups in total. The highest BCUT2D eigenvalue weighted by molar-refractivity contribution is 6.30. The van der Waals surface area contributed by atoms with Crippen molar-refractivity contribution < 1.29 is 9.13 Å². The number of fused-ring (bicyclic) bond motifs is 1. The van der Waals surface area contributed by atoms with Gasteiger partial charge in [-0.3, -0.25) is 0 Å². The lowest BCUT2D eigenvalue weighted by Crippen LogP contribution is -2.09. The second kappa shape index (κ2) is 6.83. The average Bonchev–Trinajstić information content (AvgIpc) is 2.90. The van der Waals surface area contributed by atoms with E-state index in [2.05, 4.69) is 0 Å². The molecule has 1 atom stereocenters. The molecule has 1 heterocycles. The van der Waals surface area contributed by atoms with E-state index in [1.807, 2.05) is 42.9 Å². The summed E-state index contributed by atoms with van der Waals surface area (Å²) in [5.41, 5.74) is 8.63. The number of aromatic nitrogens is 1. The Morgan fingerprint density at radius 3 is 2.79 bits per heavy atom. The molecule has 0 fully saturated rings. The summed E-state index contributed by atoms with van der Waals surface area (Å²) in [5.74, 6) is 0.00796. The third-order valence-corrected chi connectivity index (χ3v) is 4.48. The largest absolute Gasteiger partial charge is 0.485 e. The van der Waals surface area contributed by atoms with Crippen LogP contribution in [-0.2, 0) is 13.7 Å². The fraction of sp³-hybridized carbons (Fsp3) is 0.263. The highest BCUT2D eigenvalue weighted by atomic mass is 35.5. The van der Waals surface area contributed by atoms with Gasteiger partial charge in [-0.05, 0) is 47.9 Å². The Morgan fingerprint density at radius 1 is 1.29 bits per heavy atom. The number of nitrogens with two attached hydrogens (primary N) is 1. The van der Waals surface area contributed by atoms with Crippen LogP contribution in [0.1, 0.15) is 24.0 Å². The topological polar surface area (TPSA) is 40.2 Å². The highest BCUT2D eigenvalue weighted by Crippen LogP contribution is 2.36. The zero-order chi connectivity index (χ0) is 17.3. The molecule has 1 aromatic heterocycles. The molecule has 0 saturated heterocycles. The number of nitrogens with zero attached hydrogens (tertiary/aromatic N) is 1. The summed E-state index contributed by atoms with van der Waals surface area (Å²) in [6, 6.07) is 10.6. The van der Waals surface area contributed by atoms with E-state index in [0.29, 0.717) is 11.6 Å². The van der Waals surface area contributed by atoms with Crippen molar-refractivity contribution in [3.05, 3.63) is 64.6 Å². The van der Waals surface area contributed by atoms with Crippen molar-refractivity contribution in [3.63, 3.8) is 0 Å². The molecular formula is C19H20ClFN2O. The lowest BCUT2D eigenvalue weighted by molar-refractivity contribution is 0.294. The molecule has 0 radical (unpaired) electrons. The summed E-state index contributed by atoms with van der Waals surface area (Å²) in [7, 11) is 1.94. The molecule has 0 aliphatic heterocycles. The fourth-order valence-corrected chi connectivity index (χ4v) is 3.10. The Bertz CT molecular complexity index is 875. The lowest BCUT2D eigenvalue weighted by atomic mass is 10.00. The van der Waals surface area contributed by atoms with Crippen molar-refractivity contribution in [2.75, 3.05) is 6.54 Å². The van der Waals surface area contributed by atoms with Gasteiger partial charge in [0.05, 0.1) is 5.52 Å². The lowest BCUT2D eigenvalue weighted by Gasteiger charge is -2.13. The van der Waals surface area contributed by atoms with Crippen LogP contribution in [0.25, 0.3) is 10.9 Å². The van der Waals surface area contributed by atoms with E-state index >= 15 is 0 Å².